The van der Waals surface area contributed by atoms with Gasteiger partial charge in [0.05, 0.1) is 6.61 Å². The molecule has 0 aliphatic heterocycles. The van der Waals surface area contributed by atoms with Crippen LogP contribution in [0.3, 0.4) is 0 Å². The zero-order valence-corrected chi connectivity index (χ0v) is 11.4. The molecule has 1 aromatic heterocycles. The van der Waals surface area contributed by atoms with Gasteiger partial charge in [-0.3, -0.25) is 4.84 Å². The van der Waals surface area contributed by atoms with Crippen molar-refractivity contribution in [3.63, 3.8) is 0 Å². The topological polar surface area (TPSA) is 60.2 Å². The van der Waals surface area contributed by atoms with Crippen LogP contribution >= 0.6 is 0 Å². The summed E-state index contributed by atoms with van der Waals surface area (Å²) < 4.78 is 4.81. The normalized spacial score (nSPS) is 22.8. The summed E-state index contributed by atoms with van der Waals surface area (Å²) in [7, 11) is 0. The summed E-state index contributed by atoms with van der Waals surface area (Å²) in [6, 6.07) is 10.6. The summed E-state index contributed by atoms with van der Waals surface area (Å²) in [5.41, 5.74) is 4.35. The van der Waals surface area contributed by atoms with Crippen molar-refractivity contribution in [1.82, 2.24) is 15.6 Å². The van der Waals surface area contributed by atoms with Crippen molar-refractivity contribution in [2.24, 2.45) is 0 Å². The molecule has 2 aromatic rings. The highest BCUT2D eigenvalue weighted by molar-refractivity contribution is 5.13. The number of nitrogens with one attached hydrogen (secondary N) is 1. The quantitative estimate of drug-likeness (QED) is 0.849. The summed E-state index contributed by atoms with van der Waals surface area (Å²) in [6.45, 7) is 0.603. The van der Waals surface area contributed by atoms with Crippen LogP contribution in [0, 0.1) is 0 Å². The minimum atomic E-state index is 0.418. The van der Waals surface area contributed by atoms with Gasteiger partial charge in [0.15, 0.2) is 5.82 Å². The van der Waals surface area contributed by atoms with Gasteiger partial charge in [0.25, 0.3) is 0 Å². The van der Waals surface area contributed by atoms with Crippen LogP contribution in [0.25, 0.3) is 0 Å². The van der Waals surface area contributed by atoms with Crippen LogP contribution < -0.4 is 5.48 Å². The van der Waals surface area contributed by atoms with Crippen LogP contribution in [0.5, 0.6) is 0 Å². The lowest BCUT2D eigenvalue weighted by molar-refractivity contribution is -0.00603. The lowest BCUT2D eigenvalue weighted by Crippen LogP contribution is -2.32. The van der Waals surface area contributed by atoms with E-state index in [-0.39, 0.29) is 0 Å². The molecule has 20 heavy (non-hydrogen) atoms. The predicted molar refractivity (Wildman–Crippen MR) is 73.7 cm³/mol. The second-order valence-electron chi connectivity index (χ2n) is 5.23. The lowest BCUT2D eigenvalue weighted by Gasteiger charge is -2.27. The molecule has 0 bridgehead atoms. The molecule has 0 unspecified atom stereocenters. The largest absolute Gasteiger partial charge is 0.343 e. The Balaban J connectivity index is 1.39. The number of hydrogen-bond donors (Lipinski definition) is 1. The summed E-state index contributed by atoms with van der Waals surface area (Å²) in [6.07, 6.45) is 5.71. The van der Waals surface area contributed by atoms with Gasteiger partial charge in [0.2, 0.25) is 6.39 Å². The molecule has 1 heterocycles. The van der Waals surface area contributed by atoms with Gasteiger partial charge in [-0.2, -0.15) is 10.5 Å². The van der Waals surface area contributed by atoms with E-state index in [9.17, 15) is 0 Å². The van der Waals surface area contributed by atoms with Gasteiger partial charge in [0.1, 0.15) is 0 Å². The van der Waals surface area contributed by atoms with Crippen molar-refractivity contribution in [3.05, 3.63) is 48.1 Å². The van der Waals surface area contributed by atoms with Crippen molar-refractivity contribution in [3.8, 4) is 0 Å². The van der Waals surface area contributed by atoms with Crippen LogP contribution in [0.4, 0.5) is 0 Å². The van der Waals surface area contributed by atoms with Gasteiger partial charge in [-0.1, -0.05) is 35.5 Å². The molecule has 1 aromatic carbocycles. The fourth-order valence-corrected chi connectivity index (χ4v) is 2.65. The number of hydroxylamine groups is 1. The van der Waals surface area contributed by atoms with E-state index in [1.165, 1.54) is 12.0 Å². The van der Waals surface area contributed by atoms with Crippen LogP contribution in [0.1, 0.15) is 43.0 Å². The maximum Gasteiger partial charge on any atom is 0.213 e. The van der Waals surface area contributed by atoms with Crippen molar-refractivity contribution in [2.45, 2.75) is 44.2 Å². The zero-order valence-electron chi connectivity index (χ0n) is 11.4. The minimum absolute atomic E-state index is 0.418. The third-order valence-electron chi connectivity index (χ3n) is 3.80. The Hall–Kier alpha value is -1.72. The molecule has 5 heteroatoms. The molecular weight excluding hydrogens is 254 g/mol. The van der Waals surface area contributed by atoms with E-state index in [1.807, 2.05) is 18.2 Å². The van der Waals surface area contributed by atoms with Crippen LogP contribution in [0.15, 0.2) is 41.2 Å². The molecule has 1 fully saturated rings. The van der Waals surface area contributed by atoms with E-state index in [4.69, 9.17) is 9.36 Å². The smallest absolute Gasteiger partial charge is 0.213 e. The highest BCUT2D eigenvalue weighted by atomic mass is 16.6. The third-order valence-corrected chi connectivity index (χ3v) is 3.80. The minimum Gasteiger partial charge on any atom is -0.343 e. The third kappa shape index (κ3) is 3.43. The van der Waals surface area contributed by atoms with Gasteiger partial charge in [-0.25, -0.2) is 0 Å². The Morgan fingerprint density at radius 3 is 2.65 bits per heavy atom. The first-order valence-corrected chi connectivity index (χ1v) is 7.09. The predicted octanol–water partition coefficient (Wildman–Crippen LogP) is 2.82. The SMILES string of the molecule is c1ccc(CON[C@H]2CC[C@H](c3ncon3)CC2)cc1. The van der Waals surface area contributed by atoms with E-state index in [2.05, 4.69) is 27.8 Å². The standard InChI is InChI=1S/C15H19N3O2/c1-2-4-12(5-3-1)10-19-17-14-8-6-13(7-9-14)15-16-11-20-18-15/h1-5,11,13-14,17H,6-10H2/t13-,14-. The van der Waals surface area contributed by atoms with Crippen LogP contribution in [-0.4, -0.2) is 16.2 Å². The first-order chi connectivity index (χ1) is 9.92. The van der Waals surface area contributed by atoms with E-state index >= 15 is 0 Å². The first-order valence-electron chi connectivity index (χ1n) is 7.09. The Bertz CT molecular complexity index is 493. The van der Waals surface area contributed by atoms with Gasteiger partial charge in [-0.05, 0) is 31.2 Å². The molecule has 0 spiro atoms. The fourth-order valence-electron chi connectivity index (χ4n) is 2.65. The maximum absolute atomic E-state index is 5.59. The molecule has 0 amide bonds. The van der Waals surface area contributed by atoms with Crippen molar-refractivity contribution in [2.75, 3.05) is 0 Å². The average molecular weight is 273 g/mol. The number of hydrogen-bond acceptors (Lipinski definition) is 5. The number of benzene rings is 1. The van der Waals surface area contributed by atoms with Gasteiger partial charge in [0, 0.05) is 12.0 Å². The molecule has 3 rings (SSSR count). The molecule has 1 saturated carbocycles. The summed E-state index contributed by atoms with van der Waals surface area (Å²) in [5.74, 6) is 1.27. The Morgan fingerprint density at radius 1 is 1.15 bits per heavy atom. The first kappa shape index (κ1) is 13.3. The fraction of sp³-hybridized carbons (Fsp3) is 0.467. The van der Waals surface area contributed by atoms with E-state index in [0.717, 1.165) is 31.5 Å². The zero-order chi connectivity index (χ0) is 13.6. The molecular formula is C15H19N3O2. The maximum atomic E-state index is 5.59. The van der Waals surface area contributed by atoms with Crippen molar-refractivity contribution < 1.29 is 9.36 Å². The molecule has 0 saturated heterocycles. The van der Waals surface area contributed by atoms with Crippen molar-refractivity contribution >= 4 is 0 Å². The van der Waals surface area contributed by atoms with E-state index in [1.54, 1.807) is 0 Å². The molecule has 0 radical (unpaired) electrons. The average Bonchev–Trinajstić information content (AvgIpc) is 3.03. The Kier molecular flexibility index (Phi) is 4.40. The molecule has 106 valence electrons. The number of aromatic nitrogens is 2. The second-order valence-corrected chi connectivity index (χ2v) is 5.23. The van der Waals surface area contributed by atoms with Crippen LogP contribution in [-0.2, 0) is 11.4 Å². The number of nitrogens with zero attached hydrogens (tertiary/aromatic N) is 2. The lowest BCUT2D eigenvalue weighted by atomic mass is 9.86. The van der Waals surface area contributed by atoms with Gasteiger partial charge < -0.3 is 4.52 Å². The molecule has 1 aliphatic carbocycles. The highest BCUT2D eigenvalue weighted by Crippen LogP contribution is 2.30. The van der Waals surface area contributed by atoms with Gasteiger partial charge >= 0.3 is 0 Å². The van der Waals surface area contributed by atoms with E-state index < -0.39 is 0 Å². The molecule has 1 N–H and O–H groups in total. The second kappa shape index (κ2) is 6.63. The molecule has 5 nitrogen and oxygen atoms in total. The van der Waals surface area contributed by atoms with E-state index in [0.29, 0.717) is 18.6 Å². The summed E-state index contributed by atoms with van der Waals surface area (Å²) in [4.78, 5) is 9.72. The van der Waals surface area contributed by atoms with Crippen LogP contribution in [0.2, 0.25) is 0 Å². The molecule has 1 aliphatic rings. The Labute approximate surface area is 118 Å². The summed E-state index contributed by atoms with van der Waals surface area (Å²) >= 11 is 0. The number of rotatable bonds is 5. The molecule has 0 atom stereocenters. The van der Waals surface area contributed by atoms with Gasteiger partial charge in [-0.15, -0.1) is 0 Å². The monoisotopic (exact) mass is 273 g/mol. The Morgan fingerprint density at radius 2 is 1.95 bits per heavy atom. The summed E-state index contributed by atoms with van der Waals surface area (Å²) in [5, 5.41) is 3.93. The van der Waals surface area contributed by atoms with Crippen molar-refractivity contribution in [1.29, 1.82) is 0 Å². The highest BCUT2D eigenvalue weighted by Gasteiger charge is 2.24.